The normalized spacial score (nSPS) is 9.67. The summed E-state index contributed by atoms with van der Waals surface area (Å²) in [5.41, 5.74) is 24.9. The van der Waals surface area contributed by atoms with Crippen molar-refractivity contribution in [1.82, 2.24) is 0 Å². The molecule has 0 saturated heterocycles. The number of nitrogens with two attached hydrogens (primary N) is 3. The first-order valence-corrected chi connectivity index (χ1v) is 10.3. The number of nitrogens with one attached hydrogen (secondary N) is 3. The maximum absolute atomic E-state index is 7.63. The van der Waals surface area contributed by atoms with Gasteiger partial charge in [-0.3, -0.25) is 16.2 Å². The number of halogens is 3. The van der Waals surface area contributed by atoms with Gasteiger partial charge in [-0.1, -0.05) is 72.8 Å². The van der Waals surface area contributed by atoms with E-state index in [9.17, 15) is 0 Å². The van der Waals surface area contributed by atoms with Crippen molar-refractivity contribution >= 4 is 54.7 Å². The van der Waals surface area contributed by atoms with Crippen LogP contribution in [0.15, 0.2) is 91.0 Å². The van der Waals surface area contributed by atoms with Crippen molar-refractivity contribution in [2.24, 2.45) is 17.2 Å². The van der Waals surface area contributed by atoms with Gasteiger partial charge in [0.1, 0.15) is 17.5 Å². The first kappa shape index (κ1) is 30.2. The van der Waals surface area contributed by atoms with Gasteiger partial charge in [0.05, 0.1) is 0 Å². The van der Waals surface area contributed by atoms with Crippen molar-refractivity contribution in [3.05, 3.63) is 108 Å². The van der Waals surface area contributed by atoms with Crippen LogP contribution < -0.4 is 17.2 Å². The summed E-state index contributed by atoms with van der Waals surface area (Å²) in [6.07, 6.45) is 0. The Morgan fingerprint density at radius 3 is 0.722 bits per heavy atom. The molecule has 0 atom stereocenters. The third kappa shape index (κ3) is 6.64. The largest absolute Gasteiger partial charge is 0.384 e. The summed E-state index contributed by atoms with van der Waals surface area (Å²) in [5, 5.41) is 22.9. The average Bonchev–Trinajstić information content (AvgIpc) is 2.84. The minimum atomic E-state index is 0. The molecule has 4 aromatic rings. The number of benzene rings is 4. The van der Waals surface area contributed by atoms with Crippen LogP contribution in [-0.4, -0.2) is 17.5 Å². The Hall–Kier alpha value is -3.84. The van der Waals surface area contributed by atoms with Crippen molar-refractivity contribution in [3.63, 3.8) is 0 Å². The predicted molar refractivity (Wildman–Crippen MR) is 158 cm³/mol. The van der Waals surface area contributed by atoms with Crippen molar-refractivity contribution in [2.75, 3.05) is 0 Å². The molecule has 186 valence electrons. The fraction of sp³-hybridized carbons (Fsp3) is 0. The Morgan fingerprint density at radius 2 is 0.556 bits per heavy atom. The number of amidine groups is 3. The zero-order valence-corrected chi connectivity index (χ0v) is 21.6. The molecule has 4 aromatic carbocycles. The Morgan fingerprint density at radius 1 is 0.361 bits per heavy atom. The molecule has 9 N–H and O–H groups in total. The third-order valence-electron chi connectivity index (χ3n) is 5.52. The van der Waals surface area contributed by atoms with E-state index in [4.69, 9.17) is 33.4 Å². The van der Waals surface area contributed by atoms with Crippen LogP contribution in [-0.2, 0) is 0 Å². The van der Waals surface area contributed by atoms with Gasteiger partial charge in [0.15, 0.2) is 0 Å². The molecule has 0 saturated carbocycles. The predicted octanol–water partition coefficient (Wildman–Crippen LogP) is 5.81. The summed E-state index contributed by atoms with van der Waals surface area (Å²) in [4.78, 5) is 0. The Labute approximate surface area is 228 Å². The maximum atomic E-state index is 7.63. The molecular weight excluding hydrogens is 515 g/mol. The fourth-order valence-corrected chi connectivity index (χ4v) is 3.65. The van der Waals surface area contributed by atoms with E-state index in [2.05, 4.69) is 18.2 Å². The van der Waals surface area contributed by atoms with E-state index in [0.29, 0.717) is 16.7 Å². The zero-order chi connectivity index (χ0) is 23.5. The molecule has 0 amide bonds. The lowest BCUT2D eigenvalue weighted by atomic mass is 9.92. The van der Waals surface area contributed by atoms with Gasteiger partial charge in [-0.05, 0) is 51.6 Å². The summed E-state index contributed by atoms with van der Waals surface area (Å²) in [6.45, 7) is 0. The molecule has 0 aliphatic heterocycles. The van der Waals surface area contributed by atoms with Gasteiger partial charge >= 0.3 is 0 Å². The summed E-state index contributed by atoms with van der Waals surface area (Å²) in [7, 11) is 0. The van der Waals surface area contributed by atoms with Crippen LogP contribution >= 0.6 is 37.2 Å². The molecule has 0 aliphatic carbocycles. The van der Waals surface area contributed by atoms with E-state index >= 15 is 0 Å². The second-order valence-electron chi connectivity index (χ2n) is 7.77. The molecule has 0 fully saturated rings. The Balaban J connectivity index is 0.00000216. The van der Waals surface area contributed by atoms with Gasteiger partial charge in [0.25, 0.3) is 0 Å². The topological polar surface area (TPSA) is 150 Å². The summed E-state index contributed by atoms with van der Waals surface area (Å²) in [6, 6.07) is 29.1. The monoisotopic (exact) mass is 540 g/mol. The van der Waals surface area contributed by atoms with Crippen LogP contribution in [0.1, 0.15) is 16.7 Å². The SMILES string of the molecule is Cl.Cl.Cl.N=C(N)c1ccc(-c2cc(-c3ccc(C(=N)N)cc3)cc(-c3ccc(C(=N)N)cc3)c2)cc1. The van der Waals surface area contributed by atoms with Gasteiger partial charge in [-0.2, -0.15) is 0 Å². The van der Waals surface area contributed by atoms with Gasteiger partial charge in [0.2, 0.25) is 0 Å². The van der Waals surface area contributed by atoms with Gasteiger partial charge in [0, 0.05) is 16.7 Å². The maximum Gasteiger partial charge on any atom is 0.122 e. The Bertz CT molecular complexity index is 1180. The molecule has 0 aromatic heterocycles. The zero-order valence-electron chi connectivity index (χ0n) is 19.1. The minimum Gasteiger partial charge on any atom is -0.384 e. The standard InChI is InChI=1S/C27H24N6.3ClH/c28-25(29)19-7-1-16(2-8-19)22-13-23(17-3-9-20(10-4-17)26(30)31)15-24(14-22)18-5-11-21(12-6-18)27(32)33;;;/h1-15H,(H3,28,29)(H3,30,31)(H3,32,33);3*1H. The summed E-state index contributed by atoms with van der Waals surface area (Å²) < 4.78 is 0. The molecule has 4 rings (SSSR count). The first-order chi connectivity index (χ1) is 15.8. The fourth-order valence-electron chi connectivity index (χ4n) is 3.65. The van der Waals surface area contributed by atoms with E-state index < -0.39 is 0 Å². The van der Waals surface area contributed by atoms with Gasteiger partial charge in [-0.15, -0.1) is 37.2 Å². The van der Waals surface area contributed by atoms with E-state index in [1.54, 1.807) is 0 Å². The van der Waals surface area contributed by atoms with Crippen molar-refractivity contribution in [3.8, 4) is 33.4 Å². The van der Waals surface area contributed by atoms with Crippen molar-refractivity contribution in [1.29, 1.82) is 16.2 Å². The highest BCUT2D eigenvalue weighted by Crippen LogP contribution is 2.33. The smallest absolute Gasteiger partial charge is 0.122 e. The second kappa shape index (κ2) is 12.7. The van der Waals surface area contributed by atoms with Crippen LogP contribution in [0.2, 0.25) is 0 Å². The first-order valence-electron chi connectivity index (χ1n) is 10.3. The van der Waals surface area contributed by atoms with Gasteiger partial charge < -0.3 is 17.2 Å². The summed E-state index contributed by atoms with van der Waals surface area (Å²) >= 11 is 0. The van der Waals surface area contributed by atoms with Gasteiger partial charge in [-0.25, -0.2) is 0 Å². The van der Waals surface area contributed by atoms with Crippen molar-refractivity contribution < 1.29 is 0 Å². The Kier molecular flexibility index (Phi) is 10.7. The molecule has 0 unspecified atom stereocenters. The molecule has 0 radical (unpaired) electrons. The highest BCUT2D eigenvalue weighted by atomic mass is 35.5. The highest BCUT2D eigenvalue weighted by molar-refractivity contribution is 5.97. The third-order valence-corrected chi connectivity index (χ3v) is 5.52. The molecule has 0 bridgehead atoms. The van der Waals surface area contributed by atoms with Crippen LogP contribution in [0.25, 0.3) is 33.4 Å². The van der Waals surface area contributed by atoms with E-state index in [1.807, 2.05) is 72.8 Å². The molecule has 36 heavy (non-hydrogen) atoms. The number of nitrogen functional groups attached to an aromatic ring is 3. The molecule has 0 heterocycles. The lowest BCUT2D eigenvalue weighted by Gasteiger charge is -2.12. The molecular formula is C27H27Cl3N6. The summed E-state index contributed by atoms with van der Waals surface area (Å²) in [5.74, 6) is 0.103. The lowest BCUT2D eigenvalue weighted by Crippen LogP contribution is -2.10. The van der Waals surface area contributed by atoms with Crippen LogP contribution in [0, 0.1) is 16.2 Å². The molecule has 9 heteroatoms. The quantitative estimate of drug-likeness (QED) is 0.135. The minimum absolute atomic E-state index is 0. The molecule has 6 nitrogen and oxygen atoms in total. The van der Waals surface area contributed by atoms with Crippen molar-refractivity contribution in [2.45, 2.75) is 0 Å². The number of rotatable bonds is 6. The number of hydrogen-bond donors (Lipinski definition) is 6. The number of hydrogen-bond acceptors (Lipinski definition) is 3. The van der Waals surface area contributed by atoms with E-state index in [1.165, 1.54) is 0 Å². The van der Waals surface area contributed by atoms with E-state index in [-0.39, 0.29) is 54.7 Å². The highest BCUT2D eigenvalue weighted by Gasteiger charge is 2.09. The van der Waals surface area contributed by atoms with Crippen LogP contribution in [0.4, 0.5) is 0 Å². The van der Waals surface area contributed by atoms with E-state index in [0.717, 1.165) is 33.4 Å². The lowest BCUT2D eigenvalue weighted by molar-refractivity contribution is 1.42. The second-order valence-corrected chi connectivity index (χ2v) is 7.77. The molecule has 0 aliphatic rings. The van der Waals surface area contributed by atoms with Crippen LogP contribution in [0.3, 0.4) is 0 Å². The molecule has 0 spiro atoms. The average molecular weight is 542 g/mol. The van der Waals surface area contributed by atoms with Crippen LogP contribution in [0.5, 0.6) is 0 Å².